The summed E-state index contributed by atoms with van der Waals surface area (Å²) in [5.74, 6) is 1.05. The molecule has 2 unspecified atom stereocenters. The molecule has 0 aromatic carbocycles. The van der Waals surface area contributed by atoms with Gasteiger partial charge >= 0.3 is 0 Å². The Kier molecular flexibility index (Phi) is 3.06. The normalized spacial score (nSPS) is 15.0. The van der Waals surface area contributed by atoms with Crippen LogP contribution in [-0.2, 0) is 0 Å². The van der Waals surface area contributed by atoms with Crippen LogP contribution < -0.4 is 0 Å². The molecule has 0 heteroatoms. The van der Waals surface area contributed by atoms with Gasteiger partial charge in [0.25, 0.3) is 0 Å². The molecule has 0 bridgehead atoms. The molecule has 0 fully saturated rings. The zero-order valence-corrected chi connectivity index (χ0v) is 5.44. The summed E-state index contributed by atoms with van der Waals surface area (Å²) in [4.78, 5) is 0. The van der Waals surface area contributed by atoms with Crippen molar-refractivity contribution in [2.75, 3.05) is 0 Å². The van der Waals surface area contributed by atoms with Gasteiger partial charge in [-0.1, -0.05) is 27.2 Å². The SMILES string of the molecule is [CH]C(C)C(C)CC. The maximum absolute atomic E-state index is 5.55. The van der Waals surface area contributed by atoms with Gasteiger partial charge in [0.2, 0.25) is 0 Å². The molecule has 0 saturated carbocycles. The van der Waals surface area contributed by atoms with Gasteiger partial charge in [-0.3, -0.25) is 0 Å². The van der Waals surface area contributed by atoms with Gasteiger partial charge in [-0.2, -0.15) is 0 Å². The highest BCUT2D eigenvalue weighted by Crippen LogP contribution is 2.11. The van der Waals surface area contributed by atoms with E-state index in [1.165, 1.54) is 6.42 Å². The second-order valence-corrected chi connectivity index (χ2v) is 2.24. The fourth-order valence-corrected chi connectivity index (χ4v) is 0.372. The van der Waals surface area contributed by atoms with E-state index in [1.54, 1.807) is 0 Å². The van der Waals surface area contributed by atoms with Crippen molar-refractivity contribution in [1.29, 1.82) is 0 Å². The van der Waals surface area contributed by atoms with Crippen LogP contribution in [0.4, 0.5) is 0 Å². The maximum atomic E-state index is 5.55. The maximum Gasteiger partial charge on any atom is -0.0318 e. The molecule has 0 aliphatic carbocycles. The summed E-state index contributed by atoms with van der Waals surface area (Å²) >= 11 is 0. The third-order valence-electron chi connectivity index (χ3n) is 1.54. The van der Waals surface area contributed by atoms with Crippen molar-refractivity contribution in [2.24, 2.45) is 11.8 Å². The molecule has 2 atom stereocenters. The summed E-state index contributed by atoms with van der Waals surface area (Å²) in [6.45, 7) is 11.9. The number of hydrogen-bond acceptors (Lipinski definition) is 0. The summed E-state index contributed by atoms with van der Waals surface area (Å²) in [6, 6.07) is 0. The molecule has 0 N–H and O–H groups in total. The molecule has 2 radical (unpaired) electrons. The van der Waals surface area contributed by atoms with E-state index in [1.807, 2.05) is 6.92 Å². The van der Waals surface area contributed by atoms with Gasteiger partial charge in [0.15, 0.2) is 0 Å². The van der Waals surface area contributed by atoms with E-state index in [9.17, 15) is 0 Å². The standard InChI is InChI=1S/C7H14/c1-5-7(4)6(2)3/h2,6-7H,5H2,1,3-4H3. The smallest absolute Gasteiger partial charge is 0.0318 e. The third kappa shape index (κ3) is 2.67. The molecule has 0 amide bonds. The van der Waals surface area contributed by atoms with Crippen molar-refractivity contribution < 1.29 is 0 Å². The van der Waals surface area contributed by atoms with Crippen molar-refractivity contribution >= 4 is 0 Å². The highest BCUT2D eigenvalue weighted by molar-refractivity contribution is 4.60. The summed E-state index contributed by atoms with van der Waals surface area (Å²) in [7, 11) is 0. The molecule has 0 aromatic heterocycles. The Morgan fingerprint density at radius 3 is 1.86 bits per heavy atom. The zero-order valence-electron chi connectivity index (χ0n) is 5.44. The Balaban J connectivity index is 3.14. The first-order valence-corrected chi connectivity index (χ1v) is 2.94. The van der Waals surface area contributed by atoms with Crippen LogP contribution >= 0.6 is 0 Å². The topological polar surface area (TPSA) is 0 Å². The van der Waals surface area contributed by atoms with Crippen molar-refractivity contribution in [3.05, 3.63) is 6.92 Å². The molecular weight excluding hydrogens is 84.1 g/mol. The summed E-state index contributed by atoms with van der Waals surface area (Å²) < 4.78 is 0. The molecule has 0 rings (SSSR count). The Labute approximate surface area is 46.9 Å². The Morgan fingerprint density at radius 1 is 1.43 bits per heavy atom. The van der Waals surface area contributed by atoms with Gasteiger partial charge in [0.1, 0.15) is 0 Å². The molecule has 0 heterocycles. The minimum atomic E-state index is 0.366. The first-order valence-electron chi connectivity index (χ1n) is 2.94. The number of hydrogen-bond donors (Lipinski definition) is 0. The van der Waals surface area contributed by atoms with Crippen LogP contribution in [0.15, 0.2) is 0 Å². The van der Waals surface area contributed by atoms with E-state index in [2.05, 4.69) is 13.8 Å². The van der Waals surface area contributed by atoms with Gasteiger partial charge in [-0.05, 0) is 18.8 Å². The monoisotopic (exact) mass is 98.1 g/mol. The van der Waals surface area contributed by atoms with Gasteiger partial charge < -0.3 is 0 Å². The Bertz CT molecular complexity index is 37.3. The highest BCUT2D eigenvalue weighted by Gasteiger charge is 2.01. The lowest BCUT2D eigenvalue weighted by Gasteiger charge is -2.10. The third-order valence-corrected chi connectivity index (χ3v) is 1.54. The van der Waals surface area contributed by atoms with Crippen LogP contribution in [0.5, 0.6) is 0 Å². The lowest BCUT2D eigenvalue weighted by molar-refractivity contribution is 0.443. The average molecular weight is 98.2 g/mol. The lowest BCUT2D eigenvalue weighted by Crippen LogP contribution is -2.00. The van der Waals surface area contributed by atoms with Crippen LogP contribution in [0, 0.1) is 18.8 Å². The van der Waals surface area contributed by atoms with Crippen molar-refractivity contribution in [2.45, 2.75) is 27.2 Å². The van der Waals surface area contributed by atoms with Crippen LogP contribution in [0.1, 0.15) is 27.2 Å². The van der Waals surface area contributed by atoms with Crippen molar-refractivity contribution in [3.63, 3.8) is 0 Å². The Hall–Kier alpha value is 0. The zero-order chi connectivity index (χ0) is 5.86. The minimum Gasteiger partial charge on any atom is -0.0651 e. The highest BCUT2D eigenvalue weighted by atomic mass is 14.1. The largest absolute Gasteiger partial charge is 0.0651 e. The average Bonchev–Trinajstić information content (AvgIpc) is 1.65. The van der Waals surface area contributed by atoms with Crippen LogP contribution in [0.25, 0.3) is 0 Å². The molecule has 0 aromatic rings. The van der Waals surface area contributed by atoms with Crippen LogP contribution in [0.2, 0.25) is 0 Å². The fraction of sp³-hybridized carbons (Fsp3) is 0.857. The van der Waals surface area contributed by atoms with E-state index >= 15 is 0 Å². The van der Waals surface area contributed by atoms with Crippen LogP contribution in [0.3, 0.4) is 0 Å². The molecular formula is C7H14. The Morgan fingerprint density at radius 2 is 1.86 bits per heavy atom. The summed E-state index contributed by atoms with van der Waals surface area (Å²) in [5, 5.41) is 0. The molecule has 7 heavy (non-hydrogen) atoms. The van der Waals surface area contributed by atoms with Crippen molar-refractivity contribution in [3.8, 4) is 0 Å². The molecule has 0 aliphatic rings. The number of rotatable bonds is 2. The molecule has 0 spiro atoms. The van der Waals surface area contributed by atoms with E-state index in [0.29, 0.717) is 11.8 Å². The summed E-state index contributed by atoms with van der Waals surface area (Å²) in [6.07, 6.45) is 1.19. The van der Waals surface area contributed by atoms with Crippen LogP contribution in [-0.4, -0.2) is 0 Å². The van der Waals surface area contributed by atoms with E-state index in [-0.39, 0.29) is 0 Å². The van der Waals surface area contributed by atoms with Crippen molar-refractivity contribution in [1.82, 2.24) is 0 Å². The van der Waals surface area contributed by atoms with Gasteiger partial charge in [-0.15, -0.1) is 0 Å². The molecule has 0 nitrogen and oxygen atoms in total. The van der Waals surface area contributed by atoms with Gasteiger partial charge in [-0.25, -0.2) is 0 Å². The fourth-order valence-electron chi connectivity index (χ4n) is 0.372. The van der Waals surface area contributed by atoms with E-state index in [0.717, 1.165) is 0 Å². The molecule has 0 saturated heterocycles. The predicted octanol–water partition coefficient (Wildman–Crippen LogP) is 2.38. The second kappa shape index (κ2) is 3.06. The second-order valence-electron chi connectivity index (χ2n) is 2.24. The van der Waals surface area contributed by atoms with E-state index in [4.69, 9.17) is 6.92 Å². The van der Waals surface area contributed by atoms with Gasteiger partial charge in [0.05, 0.1) is 0 Å². The summed E-state index contributed by atoms with van der Waals surface area (Å²) in [5.41, 5.74) is 0. The van der Waals surface area contributed by atoms with Gasteiger partial charge in [0, 0.05) is 0 Å². The first-order chi connectivity index (χ1) is 3.18. The van der Waals surface area contributed by atoms with E-state index < -0.39 is 0 Å². The minimum absolute atomic E-state index is 0.366. The lowest BCUT2D eigenvalue weighted by atomic mass is 9.96. The quantitative estimate of drug-likeness (QED) is 0.497. The first kappa shape index (κ1) is 7.00. The predicted molar refractivity (Wildman–Crippen MR) is 32.9 cm³/mol. The molecule has 0 aliphatic heterocycles. The molecule has 42 valence electrons.